The molecule has 2 aromatic rings. The Morgan fingerprint density at radius 1 is 1.32 bits per heavy atom. The van der Waals surface area contributed by atoms with Gasteiger partial charge in [-0.1, -0.05) is 11.8 Å². The van der Waals surface area contributed by atoms with Gasteiger partial charge >= 0.3 is 5.97 Å². The molecule has 0 radical (unpaired) electrons. The van der Waals surface area contributed by atoms with Crippen LogP contribution in [-0.4, -0.2) is 35.9 Å². The van der Waals surface area contributed by atoms with Crippen molar-refractivity contribution < 1.29 is 14.3 Å². The number of methoxy groups -OCH3 is 2. The third kappa shape index (κ3) is 3.14. The van der Waals surface area contributed by atoms with Crippen molar-refractivity contribution >= 4 is 28.6 Å². The van der Waals surface area contributed by atoms with E-state index >= 15 is 0 Å². The highest BCUT2D eigenvalue weighted by Crippen LogP contribution is 2.28. The molecule has 0 N–H and O–H groups in total. The molecular weight excluding hydrogens is 264 g/mol. The summed E-state index contributed by atoms with van der Waals surface area (Å²) in [6.45, 7) is 1.83. The number of hydrogen-bond donors (Lipinski definition) is 0. The van der Waals surface area contributed by atoms with E-state index in [2.05, 4.69) is 14.7 Å². The maximum absolute atomic E-state index is 11.2. The predicted octanol–water partition coefficient (Wildman–Crippen LogP) is 2.21. The van der Waals surface area contributed by atoms with Crippen LogP contribution in [0.2, 0.25) is 0 Å². The molecule has 0 saturated heterocycles. The van der Waals surface area contributed by atoms with Crippen LogP contribution < -0.4 is 4.74 Å². The molecule has 0 aliphatic heterocycles. The summed E-state index contributed by atoms with van der Waals surface area (Å²) in [4.78, 5) is 20.0. The highest BCUT2D eigenvalue weighted by molar-refractivity contribution is 8.00. The molecule has 6 heteroatoms. The minimum absolute atomic E-state index is 0.221. The zero-order valence-electron chi connectivity index (χ0n) is 11.0. The fourth-order valence-corrected chi connectivity index (χ4v) is 2.50. The molecule has 0 aliphatic rings. The number of rotatable bonds is 4. The summed E-state index contributed by atoms with van der Waals surface area (Å²) in [5, 5.41) is 1.63. The zero-order chi connectivity index (χ0) is 13.8. The van der Waals surface area contributed by atoms with Crippen LogP contribution in [0.3, 0.4) is 0 Å². The molecular formula is C13H14N2O3S. The van der Waals surface area contributed by atoms with Crippen molar-refractivity contribution in [2.24, 2.45) is 0 Å². The number of esters is 1. The molecule has 0 amide bonds. The Morgan fingerprint density at radius 2 is 2.11 bits per heavy atom. The molecule has 2 rings (SSSR count). The summed E-state index contributed by atoms with van der Waals surface area (Å²) in [6, 6.07) is 5.60. The van der Waals surface area contributed by atoms with Crippen molar-refractivity contribution in [3.05, 3.63) is 24.0 Å². The van der Waals surface area contributed by atoms with E-state index in [1.54, 1.807) is 7.11 Å². The monoisotopic (exact) mass is 278 g/mol. The van der Waals surface area contributed by atoms with Crippen molar-refractivity contribution in [3.8, 4) is 5.75 Å². The minimum atomic E-state index is -0.280. The average molecular weight is 278 g/mol. The fraction of sp³-hybridized carbons (Fsp3) is 0.308. The van der Waals surface area contributed by atoms with E-state index in [0.29, 0.717) is 5.82 Å². The van der Waals surface area contributed by atoms with Crippen LogP contribution in [0.15, 0.2) is 23.2 Å². The molecule has 0 saturated carbocycles. The summed E-state index contributed by atoms with van der Waals surface area (Å²) in [7, 11) is 2.98. The van der Waals surface area contributed by atoms with Gasteiger partial charge in [-0.2, -0.15) is 0 Å². The third-order valence-electron chi connectivity index (χ3n) is 2.53. The summed E-state index contributed by atoms with van der Waals surface area (Å²) in [5.41, 5.74) is 0.834. The first kappa shape index (κ1) is 13.6. The van der Waals surface area contributed by atoms with Crippen LogP contribution in [0.4, 0.5) is 0 Å². The number of fused-ring (bicyclic) bond motifs is 1. The van der Waals surface area contributed by atoms with Crippen molar-refractivity contribution in [2.75, 3.05) is 20.0 Å². The van der Waals surface area contributed by atoms with E-state index in [0.717, 1.165) is 21.7 Å². The maximum atomic E-state index is 11.2. The van der Waals surface area contributed by atoms with Gasteiger partial charge in [0.25, 0.3) is 0 Å². The highest BCUT2D eigenvalue weighted by atomic mass is 32.2. The van der Waals surface area contributed by atoms with E-state index < -0.39 is 0 Å². The number of carbonyl (C=O) groups excluding carboxylic acids is 1. The lowest BCUT2D eigenvalue weighted by Crippen LogP contribution is -2.04. The highest BCUT2D eigenvalue weighted by Gasteiger charge is 2.10. The summed E-state index contributed by atoms with van der Waals surface area (Å²) in [6.07, 6.45) is 0. The largest absolute Gasteiger partial charge is 0.497 e. The van der Waals surface area contributed by atoms with Gasteiger partial charge < -0.3 is 9.47 Å². The molecule has 100 valence electrons. The van der Waals surface area contributed by atoms with Crippen LogP contribution in [0, 0.1) is 6.92 Å². The van der Waals surface area contributed by atoms with E-state index in [4.69, 9.17) is 4.74 Å². The van der Waals surface area contributed by atoms with Crippen LogP contribution in [-0.2, 0) is 9.53 Å². The Labute approximate surface area is 115 Å². The first-order valence-electron chi connectivity index (χ1n) is 5.66. The number of nitrogens with zero attached hydrogens (tertiary/aromatic N) is 2. The van der Waals surface area contributed by atoms with Gasteiger partial charge in [-0.15, -0.1) is 0 Å². The van der Waals surface area contributed by atoms with Gasteiger partial charge in [0.1, 0.15) is 16.6 Å². The average Bonchev–Trinajstić information content (AvgIpc) is 2.43. The second-order valence-corrected chi connectivity index (χ2v) is 4.79. The second kappa shape index (κ2) is 5.88. The lowest BCUT2D eigenvalue weighted by atomic mass is 10.2. The van der Waals surface area contributed by atoms with Gasteiger partial charge in [-0.05, 0) is 25.1 Å². The molecule has 1 aromatic carbocycles. The molecule has 0 bridgehead atoms. The van der Waals surface area contributed by atoms with Gasteiger partial charge in [0.05, 0.1) is 25.5 Å². The van der Waals surface area contributed by atoms with Crippen LogP contribution in [0.1, 0.15) is 5.82 Å². The standard InChI is InChI=1S/C13H14N2O3S/c1-8-14-11-5-4-9(17-2)6-10(11)13(15-8)19-7-12(16)18-3/h4-6H,7H2,1-3H3. The smallest absolute Gasteiger partial charge is 0.316 e. The molecule has 0 aliphatic carbocycles. The number of ether oxygens (including phenoxy) is 2. The summed E-state index contributed by atoms with van der Waals surface area (Å²) in [5.74, 6) is 1.35. The predicted molar refractivity (Wildman–Crippen MR) is 73.6 cm³/mol. The number of benzene rings is 1. The van der Waals surface area contributed by atoms with Crippen molar-refractivity contribution in [2.45, 2.75) is 11.9 Å². The quantitative estimate of drug-likeness (QED) is 0.485. The second-order valence-electron chi connectivity index (χ2n) is 3.82. The normalized spacial score (nSPS) is 10.5. The first-order chi connectivity index (χ1) is 9.13. The lowest BCUT2D eigenvalue weighted by Gasteiger charge is -2.07. The zero-order valence-corrected chi connectivity index (χ0v) is 11.8. The Bertz CT molecular complexity index is 616. The maximum Gasteiger partial charge on any atom is 0.316 e. The molecule has 0 spiro atoms. The van der Waals surface area contributed by atoms with E-state index in [1.807, 2.05) is 25.1 Å². The van der Waals surface area contributed by atoms with Gasteiger partial charge in [0, 0.05) is 5.39 Å². The van der Waals surface area contributed by atoms with Crippen LogP contribution in [0.25, 0.3) is 10.9 Å². The lowest BCUT2D eigenvalue weighted by molar-refractivity contribution is -0.137. The van der Waals surface area contributed by atoms with Gasteiger partial charge in [0.15, 0.2) is 0 Å². The molecule has 0 unspecified atom stereocenters. The van der Waals surface area contributed by atoms with E-state index in [9.17, 15) is 4.79 Å². The number of aryl methyl sites for hydroxylation is 1. The summed E-state index contributed by atoms with van der Waals surface area (Å²) >= 11 is 1.33. The summed E-state index contributed by atoms with van der Waals surface area (Å²) < 4.78 is 9.83. The molecule has 0 fully saturated rings. The van der Waals surface area contributed by atoms with E-state index in [1.165, 1.54) is 18.9 Å². The number of hydrogen-bond acceptors (Lipinski definition) is 6. The SMILES string of the molecule is COC(=O)CSc1nc(C)nc2ccc(OC)cc12. The Hall–Kier alpha value is -1.82. The van der Waals surface area contributed by atoms with Gasteiger partial charge in [0.2, 0.25) is 0 Å². The minimum Gasteiger partial charge on any atom is -0.497 e. The van der Waals surface area contributed by atoms with Crippen LogP contribution >= 0.6 is 11.8 Å². The molecule has 1 heterocycles. The van der Waals surface area contributed by atoms with E-state index in [-0.39, 0.29) is 11.7 Å². The molecule has 0 atom stereocenters. The van der Waals surface area contributed by atoms with Crippen molar-refractivity contribution in [1.29, 1.82) is 0 Å². The Morgan fingerprint density at radius 3 is 2.79 bits per heavy atom. The number of aromatic nitrogens is 2. The number of carbonyl (C=O) groups is 1. The Balaban J connectivity index is 2.42. The molecule has 1 aromatic heterocycles. The first-order valence-corrected chi connectivity index (χ1v) is 6.64. The van der Waals surface area contributed by atoms with Crippen LogP contribution in [0.5, 0.6) is 5.75 Å². The fourth-order valence-electron chi connectivity index (χ4n) is 1.61. The van der Waals surface area contributed by atoms with Gasteiger partial charge in [-0.25, -0.2) is 9.97 Å². The number of thioether (sulfide) groups is 1. The third-order valence-corrected chi connectivity index (χ3v) is 3.50. The molecule has 5 nitrogen and oxygen atoms in total. The molecule has 19 heavy (non-hydrogen) atoms. The van der Waals surface area contributed by atoms with Crippen molar-refractivity contribution in [3.63, 3.8) is 0 Å². The topological polar surface area (TPSA) is 61.3 Å². The Kier molecular flexibility index (Phi) is 4.21. The van der Waals surface area contributed by atoms with Crippen molar-refractivity contribution in [1.82, 2.24) is 9.97 Å². The van der Waals surface area contributed by atoms with Gasteiger partial charge in [-0.3, -0.25) is 4.79 Å².